The van der Waals surface area contributed by atoms with Crippen molar-refractivity contribution in [2.24, 2.45) is 0 Å². The highest BCUT2D eigenvalue weighted by Gasteiger charge is 1.95. The van der Waals surface area contributed by atoms with Crippen molar-refractivity contribution >= 4 is 0 Å². The van der Waals surface area contributed by atoms with Crippen molar-refractivity contribution < 1.29 is 9.84 Å². The zero-order chi connectivity index (χ0) is 12.3. The maximum Gasteiger partial charge on any atom is 0.119 e. The number of aliphatic hydroxyl groups is 1. The molecule has 2 N–H and O–H groups in total. The van der Waals surface area contributed by atoms with Gasteiger partial charge in [0.1, 0.15) is 5.75 Å². The van der Waals surface area contributed by atoms with Crippen LogP contribution in [0.5, 0.6) is 5.75 Å². The average Bonchev–Trinajstić information content (AvgIpc) is 2.36. The molecule has 0 aliphatic heterocycles. The average molecular weight is 237 g/mol. The number of aryl methyl sites for hydroxylation is 1. The van der Waals surface area contributed by atoms with Crippen LogP contribution in [0, 0.1) is 0 Å². The van der Waals surface area contributed by atoms with Crippen molar-refractivity contribution in [1.29, 1.82) is 0 Å². The van der Waals surface area contributed by atoms with Gasteiger partial charge >= 0.3 is 0 Å². The standard InChI is InChI=1S/C14H23NO2/c1-2-4-13-5-7-14(8-6-13)17-12-3-9-15-10-11-16/h5-8,15-16H,2-4,9-12H2,1H3. The smallest absolute Gasteiger partial charge is 0.119 e. The normalized spacial score (nSPS) is 10.5. The molecule has 0 bridgehead atoms. The molecule has 0 spiro atoms. The Labute approximate surface area is 104 Å². The maximum absolute atomic E-state index is 8.58. The van der Waals surface area contributed by atoms with Crippen molar-refractivity contribution in [2.75, 3.05) is 26.3 Å². The minimum absolute atomic E-state index is 0.194. The van der Waals surface area contributed by atoms with Gasteiger partial charge in [-0.1, -0.05) is 25.5 Å². The Morgan fingerprint density at radius 2 is 1.94 bits per heavy atom. The molecule has 1 aromatic carbocycles. The minimum Gasteiger partial charge on any atom is -0.494 e. The topological polar surface area (TPSA) is 41.5 Å². The SMILES string of the molecule is CCCc1ccc(OCCCNCCO)cc1. The van der Waals surface area contributed by atoms with Gasteiger partial charge in [-0.05, 0) is 37.1 Å². The third kappa shape index (κ3) is 6.29. The molecule has 96 valence electrons. The number of nitrogens with one attached hydrogen (secondary N) is 1. The van der Waals surface area contributed by atoms with Crippen LogP contribution >= 0.6 is 0 Å². The molecule has 3 nitrogen and oxygen atoms in total. The van der Waals surface area contributed by atoms with Gasteiger partial charge in [0.15, 0.2) is 0 Å². The fourth-order valence-electron chi connectivity index (χ4n) is 1.63. The molecule has 1 aromatic rings. The van der Waals surface area contributed by atoms with E-state index >= 15 is 0 Å². The van der Waals surface area contributed by atoms with Gasteiger partial charge in [0.25, 0.3) is 0 Å². The largest absolute Gasteiger partial charge is 0.494 e. The summed E-state index contributed by atoms with van der Waals surface area (Å²) in [5.74, 6) is 0.937. The fraction of sp³-hybridized carbons (Fsp3) is 0.571. The van der Waals surface area contributed by atoms with Crippen molar-refractivity contribution in [3.8, 4) is 5.75 Å². The molecule has 0 aliphatic carbocycles. The predicted octanol–water partition coefficient (Wildman–Crippen LogP) is 1.99. The number of hydrogen-bond donors (Lipinski definition) is 2. The molecule has 0 saturated heterocycles. The van der Waals surface area contributed by atoms with E-state index in [9.17, 15) is 0 Å². The Kier molecular flexibility index (Phi) is 7.43. The molecule has 0 aliphatic rings. The third-order valence-electron chi connectivity index (χ3n) is 2.52. The summed E-state index contributed by atoms with van der Waals surface area (Å²) in [6.07, 6.45) is 3.26. The van der Waals surface area contributed by atoms with Crippen molar-refractivity contribution in [3.63, 3.8) is 0 Å². The van der Waals surface area contributed by atoms with Gasteiger partial charge in [-0.15, -0.1) is 0 Å². The van der Waals surface area contributed by atoms with E-state index in [-0.39, 0.29) is 6.61 Å². The number of benzene rings is 1. The Morgan fingerprint density at radius 3 is 2.59 bits per heavy atom. The molecule has 0 aromatic heterocycles. The van der Waals surface area contributed by atoms with Gasteiger partial charge in [0, 0.05) is 6.54 Å². The third-order valence-corrected chi connectivity index (χ3v) is 2.52. The molecule has 1 rings (SSSR count). The van der Waals surface area contributed by atoms with Gasteiger partial charge in [-0.25, -0.2) is 0 Å². The van der Waals surface area contributed by atoms with E-state index in [0.29, 0.717) is 13.2 Å². The van der Waals surface area contributed by atoms with Gasteiger partial charge in [0.2, 0.25) is 0 Å². The highest BCUT2D eigenvalue weighted by molar-refractivity contribution is 5.27. The number of ether oxygens (including phenoxy) is 1. The first-order chi connectivity index (χ1) is 8.36. The molecule has 3 heteroatoms. The lowest BCUT2D eigenvalue weighted by molar-refractivity contribution is 0.282. The monoisotopic (exact) mass is 237 g/mol. The van der Waals surface area contributed by atoms with E-state index in [1.807, 2.05) is 12.1 Å². The van der Waals surface area contributed by atoms with Crippen molar-refractivity contribution in [2.45, 2.75) is 26.2 Å². The summed E-state index contributed by atoms with van der Waals surface area (Å²) in [4.78, 5) is 0. The van der Waals surface area contributed by atoms with Crippen LogP contribution in [0.2, 0.25) is 0 Å². The summed E-state index contributed by atoms with van der Waals surface area (Å²) in [5.41, 5.74) is 1.37. The second-order valence-electron chi connectivity index (χ2n) is 4.07. The van der Waals surface area contributed by atoms with Crippen molar-refractivity contribution in [1.82, 2.24) is 5.32 Å². The highest BCUT2D eigenvalue weighted by Crippen LogP contribution is 2.13. The highest BCUT2D eigenvalue weighted by atomic mass is 16.5. The van der Waals surface area contributed by atoms with E-state index in [1.165, 1.54) is 12.0 Å². The molecular formula is C14H23NO2. The number of hydrogen-bond acceptors (Lipinski definition) is 3. The lowest BCUT2D eigenvalue weighted by Crippen LogP contribution is -2.20. The Hall–Kier alpha value is -1.06. The first-order valence-corrected chi connectivity index (χ1v) is 6.40. The van der Waals surface area contributed by atoms with Gasteiger partial charge in [-0.2, -0.15) is 0 Å². The molecule has 0 amide bonds. The van der Waals surface area contributed by atoms with Gasteiger partial charge in [0.05, 0.1) is 13.2 Å². The quantitative estimate of drug-likeness (QED) is 0.645. The van der Waals surface area contributed by atoms with Crippen LogP contribution in [0.25, 0.3) is 0 Å². The van der Waals surface area contributed by atoms with E-state index in [0.717, 1.165) is 25.1 Å². The van der Waals surface area contributed by atoms with Crippen LogP contribution in [-0.4, -0.2) is 31.4 Å². The summed E-state index contributed by atoms with van der Waals surface area (Å²) < 4.78 is 5.62. The molecule has 0 saturated carbocycles. The summed E-state index contributed by atoms with van der Waals surface area (Å²) in [6.45, 7) is 4.63. The first kappa shape index (κ1) is 14.0. The Balaban J connectivity index is 2.14. The van der Waals surface area contributed by atoms with Crippen LogP contribution in [0.3, 0.4) is 0 Å². The zero-order valence-corrected chi connectivity index (χ0v) is 10.6. The first-order valence-electron chi connectivity index (χ1n) is 6.40. The summed E-state index contributed by atoms with van der Waals surface area (Å²) in [7, 11) is 0. The van der Waals surface area contributed by atoms with Crippen LogP contribution in [0.1, 0.15) is 25.3 Å². The molecular weight excluding hydrogens is 214 g/mol. The second-order valence-corrected chi connectivity index (χ2v) is 4.07. The van der Waals surface area contributed by atoms with Crippen LogP contribution in [0.15, 0.2) is 24.3 Å². The second kappa shape index (κ2) is 9.02. The van der Waals surface area contributed by atoms with E-state index < -0.39 is 0 Å². The predicted molar refractivity (Wildman–Crippen MR) is 70.5 cm³/mol. The summed E-state index contributed by atoms with van der Waals surface area (Å²) >= 11 is 0. The minimum atomic E-state index is 0.194. The zero-order valence-electron chi connectivity index (χ0n) is 10.6. The lowest BCUT2D eigenvalue weighted by Gasteiger charge is -2.07. The lowest BCUT2D eigenvalue weighted by atomic mass is 10.1. The Morgan fingerprint density at radius 1 is 1.18 bits per heavy atom. The van der Waals surface area contributed by atoms with Crippen LogP contribution in [0.4, 0.5) is 0 Å². The molecule has 0 fully saturated rings. The van der Waals surface area contributed by atoms with Gasteiger partial charge < -0.3 is 15.2 Å². The van der Waals surface area contributed by atoms with Crippen LogP contribution < -0.4 is 10.1 Å². The fourth-order valence-corrected chi connectivity index (χ4v) is 1.63. The van der Waals surface area contributed by atoms with Crippen LogP contribution in [-0.2, 0) is 6.42 Å². The van der Waals surface area contributed by atoms with Crippen molar-refractivity contribution in [3.05, 3.63) is 29.8 Å². The molecule has 0 radical (unpaired) electrons. The molecule has 0 atom stereocenters. The summed E-state index contributed by atoms with van der Waals surface area (Å²) in [6, 6.07) is 8.32. The number of aliphatic hydroxyl groups excluding tert-OH is 1. The Bertz CT molecular complexity index is 285. The molecule has 17 heavy (non-hydrogen) atoms. The van der Waals surface area contributed by atoms with E-state index in [4.69, 9.17) is 9.84 Å². The maximum atomic E-state index is 8.58. The van der Waals surface area contributed by atoms with E-state index in [1.54, 1.807) is 0 Å². The summed E-state index contributed by atoms with van der Waals surface area (Å²) in [5, 5.41) is 11.7. The molecule has 0 unspecified atom stereocenters. The van der Waals surface area contributed by atoms with E-state index in [2.05, 4.69) is 24.4 Å². The molecule has 0 heterocycles. The number of rotatable bonds is 9. The van der Waals surface area contributed by atoms with Gasteiger partial charge in [-0.3, -0.25) is 0 Å².